The Morgan fingerprint density at radius 1 is 0.471 bits per heavy atom. The molecule has 0 saturated carbocycles. The van der Waals surface area contributed by atoms with E-state index >= 15 is 0 Å². The van der Waals surface area contributed by atoms with Crippen LogP contribution in [-0.4, -0.2) is 19.1 Å². The zero-order chi connectivity index (χ0) is 45.5. The molecule has 3 aromatic heterocycles. The Labute approximate surface area is 396 Å². The van der Waals surface area contributed by atoms with Crippen molar-refractivity contribution in [2.24, 2.45) is 5.92 Å². The molecule has 3 aliphatic rings. The van der Waals surface area contributed by atoms with E-state index in [0.717, 1.165) is 40.2 Å². The van der Waals surface area contributed by atoms with Crippen LogP contribution in [0.5, 0.6) is 0 Å². The van der Waals surface area contributed by atoms with Gasteiger partial charge in [0, 0.05) is 55.2 Å². The summed E-state index contributed by atoms with van der Waals surface area (Å²) in [5, 5.41) is 3.86. The van der Waals surface area contributed by atoms with Crippen molar-refractivity contribution in [3.8, 4) is 56.4 Å². The lowest BCUT2D eigenvalue weighted by Crippen LogP contribution is -2.27. The average Bonchev–Trinajstić information content (AvgIpc) is 3.97. The van der Waals surface area contributed by atoms with Crippen molar-refractivity contribution < 1.29 is 0 Å². The third kappa shape index (κ3) is 5.55. The van der Waals surface area contributed by atoms with E-state index in [-0.39, 0.29) is 10.8 Å². The van der Waals surface area contributed by atoms with E-state index in [9.17, 15) is 0 Å². The quantitative estimate of drug-likeness (QED) is 0.173. The maximum atomic E-state index is 5.24. The maximum absolute atomic E-state index is 5.24. The molecule has 2 aliphatic carbocycles. The summed E-state index contributed by atoms with van der Waals surface area (Å²) in [5.74, 6) is 1.06. The lowest BCUT2D eigenvalue weighted by Gasteiger charge is -2.34. The minimum Gasteiger partial charge on any atom is -0.313 e. The number of fused-ring (bicyclic) bond motifs is 11. The Morgan fingerprint density at radius 2 is 1.07 bits per heavy atom. The van der Waals surface area contributed by atoms with Gasteiger partial charge in [0.2, 0.25) is 0 Å². The van der Waals surface area contributed by atoms with Gasteiger partial charge < -0.3 is 9.13 Å². The van der Waals surface area contributed by atoms with Crippen LogP contribution in [0.2, 0.25) is 0 Å². The van der Waals surface area contributed by atoms with Gasteiger partial charge in [-0.05, 0) is 111 Å². The molecule has 0 bridgehead atoms. The van der Waals surface area contributed by atoms with E-state index < -0.39 is 0 Å². The Balaban J connectivity index is 0.962. The van der Waals surface area contributed by atoms with Crippen molar-refractivity contribution in [3.63, 3.8) is 0 Å². The van der Waals surface area contributed by atoms with Crippen molar-refractivity contribution in [2.75, 3.05) is 0 Å². The predicted octanol–water partition coefficient (Wildman–Crippen LogP) is 15.8. The van der Waals surface area contributed by atoms with Gasteiger partial charge in [-0.15, -0.1) is 0 Å². The molecule has 0 amide bonds. The molecule has 0 radical (unpaired) electrons. The lowest BCUT2D eigenvalue weighted by atomic mass is 9.73. The summed E-state index contributed by atoms with van der Waals surface area (Å²) in [6.45, 7) is 9.61. The SMILES string of the molecule is CC1(C)c2ccccc2-n2c3ccc(-c4ccc5c(c4)c4c(n5-c5cccc(-c6nc(-c7ccccc7)cc(-c7ccccc7)n6)c5)CC5C(=C4)c4ccccc4C5(C)C)cc3c3cccc1c32. The first kappa shape index (κ1) is 39.1. The van der Waals surface area contributed by atoms with Gasteiger partial charge in [-0.1, -0.05) is 173 Å². The molecule has 4 heteroatoms. The van der Waals surface area contributed by atoms with Crippen LogP contribution in [0.25, 0.3) is 101 Å². The topological polar surface area (TPSA) is 35.6 Å². The number of hydrogen-bond acceptors (Lipinski definition) is 2. The fourth-order valence-electron chi connectivity index (χ4n) is 12.4. The van der Waals surface area contributed by atoms with Crippen LogP contribution in [0.3, 0.4) is 0 Å². The fourth-order valence-corrected chi connectivity index (χ4v) is 12.4. The van der Waals surface area contributed by atoms with Gasteiger partial charge in [-0.25, -0.2) is 9.97 Å². The van der Waals surface area contributed by atoms with Gasteiger partial charge in [0.05, 0.1) is 33.6 Å². The van der Waals surface area contributed by atoms with Crippen LogP contribution in [0.1, 0.15) is 61.2 Å². The highest BCUT2D eigenvalue weighted by Crippen LogP contribution is 2.56. The Morgan fingerprint density at radius 3 is 1.81 bits per heavy atom. The van der Waals surface area contributed by atoms with Crippen molar-refractivity contribution in [2.45, 2.75) is 44.9 Å². The van der Waals surface area contributed by atoms with E-state index in [4.69, 9.17) is 9.97 Å². The minimum absolute atomic E-state index is 0.0143. The van der Waals surface area contributed by atoms with Gasteiger partial charge in [0.15, 0.2) is 5.82 Å². The Kier molecular flexibility index (Phi) is 8.18. The summed E-state index contributed by atoms with van der Waals surface area (Å²) in [6, 6.07) is 71.1. The van der Waals surface area contributed by atoms with E-state index in [1.807, 2.05) is 0 Å². The monoisotopic (exact) mass is 872 g/mol. The van der Waals surface area contributed by atoms with E-state index in [1.165, 1.54) is 88.6 Å². The molecule has 0 fully saturated rings. The van der Waals surface area contributed by atoms with E-state index in [0.29, 0.717) is 11.7 Å². The number of aromatic nitrogens is 4. The van der Waals surface area contributed by atoms with Gasteiger partial charge in [0.25, 0.3) is 0 Å². The molecule has 8 aromatic carbocycles. The van der Waals surface area contributed by atoms with Crippen molar-refractivity contribution in [1.82, 2.24) is 19.1 Å². The molecule has 68 heavy (non-hydrogen) atoms. The van der Waals surface area contributed by atoms with Crippen LogP contribution in [0.15, 0.2) is 194 Å². The first-order valence-corrected chi connectivity index (χ1v) is 24.0. The summed E-state index contributed by atoms with van der Waals surface area (Å²) in [6.07, 6.45) is 3.47. The van der Waals surface area contributed by atoms with Crippen LogP contribution in [-0.2, 0) is 17.3 Å². The Hall–Kier alpha value is -8.08. The highest BCUT2D eigenvalue weighted by molar-refractivity contribution is 6.13. The second-order valence-corrected chi connectivity index (χ2v) is 20.2. The number of rotatable bonds is 5. The summed E-state index contributed by atoms with van der Waals surface area (Å²) in [5.41, 5.74) is 23.1. The second kappa shape index (κ2) is 14.2. The molecule has 11 aromatic rings. The second-order valence-electron chi connectivity index (χ2n) is 20.2. The van der Waals surface area contributed by atoms with Crippen molar-refractivity contribution in [1.29, 1.82) is 0 Å². The van der Waals surface area contributed by atoms with Crippen molar-refractivity contribution in [3.05, 3.63) is 228 Å². The number of nitrogens with zero attached hydrogens (tertiary/aromatic N) is 4. The van der Waals surface area contributed by atoms with Gasteiger partial charge in [-0.3, -0.25) is 0 Å². The van der Waals surface area contributed by atoms with Crippen LogP contribution in [0.4, 0.5) is 0 Å². The number of hydrogen-bond donors (Lipinski definition) is 0. The largest absolute Gasteiger partial charge is 0.313 e. The molecule has 4 nitrogen and oxygen atoms in total. The summed E-state index contributed by atoms with van der Waals surface area (Å²) < 4.78 is 5.05. The van der Waals surface area contributed by atoms with Crippen LogP contribution < -0.4 is 0 Å². The molecule has 14 rings (SSSR count). The van der Waals surface area contributed by atoms with Crippen molar-refractivity contribution >= 4 is 44.4 Å². The number of benzene rings is 8. The molecular formula is C64H48N4. The van der Waals surface area contributed by atoms with Crippen LogP contribution >= 0.6 is 0 Å². The maximum Gasteiger partial charge on any atom is 0.160 e. The summed E-state index contributed by atoms with van der Waals surface area (Å²) >= 11 is 0. The molecule has 324 valence electrons. The predicted molar refractivity (Wildman–Crippen MR) is 282 cm³/mol. The number of para-hydroxylation sites is 2. The van der Waals surface area contributed by atoms with Gasteiger partial charge in [0.1, 0.15) is 0 Å². The molecule has 1 aliphatic heterocycles. The van der Waals surface area contributed by atoms with Gasteiger partial charge >= 0.3 is 0 Å². The first-order valence-electron chi connectivity index (χ1n) is 24.0. The number of allylic oxidation sites excluding steroid dienone is 1. The zero-order valence-electron chi connectivity index (χ0n) is 38.6. The average molecular weight is 873 g/mol. The fraction of sp³-hybridized carbons (Fsp3) is 0.125. The summed E-state index contributed by atoms with van der Waals surface area (Å²) in [7, 11) is 0. The molecule has 4 heterocycles. The third-order valence-electron chi connectivity index (χ3n) is 15.8. The van der Waals surface area contributed by atoms with E-state index in [1.54, 1.807) is 0 Å². The van der Waals surface area contributed by atoms with Crippen LogP contribution in [0, 0.1) is 5.92 Å². The molecule has 1 unspecified atom stereocenters. The molecular weight excluding hydrogens is 825 g/mol. The minimum atomic E-state index is -0.104. The lowest BCUT2D eigenvalue weighted by molar-refractivity contribution is 0.405. The molecule has 1 atom stereocenters. The summed E-state index contributed by atoms with van der Waals surface area (Å²) in [4.78, 5) is 10.5. The zero-order valence-corrected chi connectivity index (χ0v) is 38.6. The normalized spacial score (nSPS) is 16.1. The Bertz CT molecular complexity index is 3880. The highest BCUT2D eigenvalue weighted by atomic mass is 15.0. The van der Waals surface area contributed by atoms with Gasteiger partial charge in [-0.2, -0.15) is 0 Å². The third-order valence-corrected chi connectivity index (χ3v) is 15.8. The molecule has 0 N–H and O–H groups in total. The molecule has 0 spiro atoms. The standard InChI is InChI=1S/C64H48N4/c1-63(2)51-25-12-11-23-45(51)47-36-50-49-35-42(41-30-32-58-48(34-41)46-24-16-27-53-61(46)68(58)59-28-14-13-26-52(59)64(53,3)4)29-31-57(49)67(60(50)37-54(47)63)44-22-15-21-43(33-44)62-65-55(39-17-7-5-8-18-39)38-56(66-62)40-19-9-6-10-20-40/h5-36,38,54H,37H2,1-4H3. The smallest absolute Gasteiger partial charge is 0.160 e. The highest BCUT2D eigenvalue weighted by Gasteiger charge is 2.45. The van der Waals surface area contributed by atoms with E-state index in [2.05, 4.69) is 237 Å². The first-order chi connectivity index (χ1) is 33.2. The molecule has 0 saturated heterocycles.